The first-order valence-corrected chi connectivity index (χ1v) is 6.59. The Morgan fingerprint density at radius 2 is 2.39 bits per heavy atom. The lowest BCUT2D eigenvalue weighted by atomic mass is 10.2. The molecule has 1 amide bonds. The van der Waals surface area contributed by atoms with Crippen molar-refractivity contribution >= 4 is 34.7 Å². The monoisotopic (exact) mass is 282 g/mol. The Labute approximate surface area is 113 Å². The minimum Gasteiger partial charge on any atom is -0.319 e. The van der Waals surface area contributed by atoms with E-state index in [0.717, 1.165) is 30.1 Å². The van der Waals surface area contributed by atoms with E-state index < -0.39 is 0 Å². The molecule has 0 radical (unpaired) electrons. The summed E-state index contributed by atoms with van der Waals surface area (Å²) in [6.45, 7) is 2.03. The predicted molar refractivity (Wildman–Crippen MR) is 71.1 cm³/mol. The van der Waals surface area contributed by atoms with Crippen LogP contribution in [-0.2, 0) is 6.42 Å². The Hall–Kier alpha value is -1.53. The minimum absolute atomic E-state index is 0.247. The number of halogens is 1. The van der Waals surface area contributed by atoms with Crippen LogP contribution in [-0.4, -0.2) is 20.5 Å². The number of carbonyl (C=O) groups excluding carboxylic acids is 1. The highest BCUT2D eigenvalue weighted by atomic mass is 35.5. The number of amides is 1. The number of aryl methyl sites for hydroxylation is 1. The number of carbonyl (C=O) groups is 1. The summed E-state index contributed by atoms with van der Waals surface area (Å²) in [5.41, 5.74) is 1.21. The van der Waals surface area contributed by atoms with Gasteiger partial charge in [0.05, 0.1) is 22.6 Å². The number of anilines is 1. The highest BCUT2D eigenvalue weighted by molar-refractivity contribution is 7.08. The van der Waals surface area contributed by atoms with E-state index in [9.17, 15) is 4.79 Å². The lowest BCUT2D eigenvalue weighted by Gasteiger charge is -2.05. The van der Waals surface area contributed by atoms with Crippen molar-refractivity contribution in [3.63, 3.8) is 0 Å². The van der Waals surface area contributed by atoms with Gasteiger partial charge < -0.3 is 5.32 Å². The van der Waals surface area contributed by atoms with E-state index in [2.05, 4.69) is 19.9 Å². The first-order chi connectivity index (χ1) is 8.72. The van der Waals surface area contributed by atoms with Gasteiger partial charge >= 0.3 is 0 Å². The molecule has 18 heavy (non-hydrogen) atoms. The first-order valence-electron chi connectivity index (χ1n) is 5.44. The molecule has 0 bridgehead atoms. The molecule has 0 aliphatic rings. The molecule has 0 aliphatic carbocycles. The van der Waals surface area contributed by atoms with Gasteiger partial charge in [-0.3, -0.25) is 9.78 Å². The number of nitrogens with one attached hydrogen (secondary N) is 1. The number of nitrogens with zero attached hydrogens (tertiary/aromatic N) is 3. The Balaban J connectivity index is 2.17. The van der Waals surface area contributed by atoms with Crippen molar-refractivity contribution < 1.29 is 4.79 Å². The molecular weight excluding hydrogens is 272 g/mol. The van der Waals surface area contributed by atoms with Gasteiger partial charge in [-0.25, -0.2) is 0 Å². The third kappa shape index (κ3) is 2.83. The summed E-state index contributed by atoms with van der Waals surface area (Å²) in [4.78, 5) is 16.5. The van der Waals surface area contributed by atoms with E-state index in [-0.39, 0.29) is 5.91 Å². The highest BCUT2D eigenvalue weighted by Gasteiger charge is 2.16. The highest BCUT2D eigenvalue weighted by Crippen LogP contribution is 2.21. The topological polar surface area (TPSA) is 67.8 Å². The van der Waals surface area contributed by atoms with Crippen molar-refractivity contribution in [3.05, 3.63) is 34.1 Å². The fraction of sp³-hybridized carbons (Fsp3) is 0.273. The smallest absolute Gasteiger partial charge is 0.269 e. The van der Waals surface area contributed by atoms with E-state index in [0.29, 0.717) is 15.6 Å². The fourth-order valence-electron chi connectivity index (χ4n) is 1.43. The largest absolute Gasteiger partial charge is 0.319 e. The second-order valence-electron chi connectivity index (χ2n) is 3.61. The molecule has 94 valence electrons. The van der Waals surface area contributed by atoms with Crippen LogP contribution in [0.2, 0.25) is 5.02 Å². The standard InChI is InChI=1S/C11H11ClN4OS/c1-2-3-8-10(18-16-15-8)11(17)14-9-6-13-5-4-7(9)12/h4-6H,2-3H2,1H3,(H,14,17). The zero-order valence-corrected chi connectivity index (χ0v) is 11.3. The third-order valence-corrected chi connectivity index (χ3v) is 3.36. The van der Waals surface area contributed by atoms with Crippen LogP contribution in [0.1, 0.15) is 28.7 Å². The van der Waals surface area contributed by atoms with Gasteiger partial charge in [0.15, 0.2) is 0 Å². The van der Waals surface area contributed by atoms with Crippen molar-refractivity contribution in [1.82, 2.24) is 14.6 Å². The van der Waals surface area contributed by atoms with Crippen molar-refractivity contribution in [1.29, 1.82) is 0 Å². The molecule has 0 aliphatic heterocycles. The molecule has 7 heteroatoms. The van der Waals surface area contributed by atoms with Gasteiger partial charge in [-0.2, -0.15) is 0 Å². The summed E-state index contributed by atoms with van der Waals surface area (Å²) in [6, 6.07) is 1.62. The summed E-state index contributed by atoms with van der Waals surface area (Å²) >= 11 is 7.03. The molecule has 1 N–H and O–H groups in total. The van der Waals surface area contributed by atoms with Crippen molar-refractivity contribution in [2.24, 2.45) is 0 Å². The van der Waals surface area contributed by atoms with Gasteiger partial charge in [0.2, 0.25) is 0 Å². The molecule has 0 atom stereocenters. The average molecular weight is 283 g/mol. The van der Waals surface area contributed by atoms with Crippen LogP contribution in [0.5, 0.6) is 0 Å². The fourth-order valence-corrected chi connectivity index (χ4v) is 2.19. The van der Waals surface area contributed by atoms with Gasteiger partial charge in [-0.15, -0.1) is 5.10 Å². The van der Waals surface area contributed by atoms with Crippen LogP contribution in [0.25, 0.3) is 0 Å². The Morgan fingerprint density at radius 1 is 1.56 bits per heavy atom. The molecule has 0 aromatic carbocycles. The lowest BCUT2D eigenvalue weighted by Crippen LogP contribution is -2.13. The zero-order chi connectivity index (χ0) is 13.0. The third-order valence-electron chi connectivity index (χ3n) is 2.26. The van der Waals surface area contributed by atoms with Crippen LogP contribution in [0, 0.1) is 0 Å². The van der Waals surface area contributed by atoms with Gasteiger partial charge in [0.25, 0.3) is 5.91 Å². The summed E-state index contributed by atoms with van der Waals surface area (Å²) in [5.74, 6) is -0.247. The average Bonchev–Trinajstić information content (AvgIpc) is 2.81. The molecule has 5 nitrogen and oxygen atoms in total. The normalized spacial score (nSPS) is 10.3. The van der Waals surface area contributed by atoms with Gasteiger partial charge in [0, 0.05) is 6.20 Å². The molecule has 2 aromatic heterocycles. The summed E-state index contributed by atoms with van der Waals surface area (Å²) in [5, 5.41) is 7.11. The molecule has 2 aromatic rings. The SMILES string of the molecule is CCCc1nnsc1C(=O)Nc1cnccc1Cl. The predicted octanol–water partition coefficient (Wildman–Crippen LogP) is 2.79. The van der Waals surface area contributed by atoms with Crippen molar-refractivity contribution in [2.45, 2.75) is 19.8 Å². The van der Waals surface area contributed by atoms with E-state index in [1.165, 1.54) is 6.20 Å². The molecule has 2 heterocycles. The van der Waals surface area contributed by atoms with E-state index in [1.54, 1.807) is 12.3 Å². The number of rotatable bonds is 4. The minimum atomic E-state index is -0.247. The number of hydrogen-bond acceptors (Lipinski definition) is 5. The summed E-state index contributed by atoms with van der Waals surface area (Å²) < 4.78 is 3.81. The number of aromatic nitrogens is 3. The lowest BCUT2D eigenvalue weighted by molar-refractivity contribution is 0.102. The Kier molecular flexibility index (Phi) is 4.22. The van der Waals surface area contributed by atoms with E-state index in [4.69, 9.17) is 11.6 Å². The number of pyridine rings is 1. The molecule has 0 saturated carbocycles. The number of hydrogen-bond donors (Lipinski definition) is 1. The Morgan fingerprint density at radius 3 is 3.11 bits per heavy atom. The summed E-state index contributed by atoms with van der Waals surface area (Å²) in [6.07, 6.45) is 4.72. The Bertz CT molecular complexity index is 557. The molecule has 0 spiro atoms. The second-order valence-corrected chi connectivity index (χ2v) is 4.77. The van der Waals surface area contributed by atoms with Crippen LogP contribution in [0.3, 0.4) is 0 Å². The maximum absolute atomic E-state index is 12.1. The van der Waals surface area contributed by atoms with Gasteiger partial charge in [-0.05, 0) is 24.0 Å². The molecule has 2 rings (SSSR count). The first kappa shape index (κ1) is 12.9. The zero-order valence-electron chi connectivity index (χ0n) is 9.68. The molecular formula is C11H11ClN4OS. The summed E-state index contributed by atoms with van der Waals surface area (Å²) in [7, 11) is 0. The maximum atomic E-state index is 12.1. The van der Waals surface area contributed by atoms with Crippen LogP contribution in [0.15, 0.2) is 18.5 Å². The second kappa shape index (κ2) is 5.88. The van der Waals surface area contributed by atoms with Crippen molar-refractivity contribution in [2.75, 3.05) is 5.32 Å². The maximum Gasteiger partial charge on any atom is 0.269 e. The van der Waals surface area contributed by atoms with Crippen molar-refractivity contribution in [3.8, 4) is 0 Å². The van der Waals surface area contributed by atoms with Crippen LogP contribution >= 0.6 is 23.1 Å². The molecule has 0 unspecified atom stereocenters. The molecule has 0 saturated heterocycles. The quantitative estimate of drug-likeness (QED) is 0.936. The van der Waals surface area contributed by atoms with Crippen LogP contribution in [0.4, 0.5) is 5.69 Å². The van der Waals surface area contributed by atoms with Crippen LogP contribution < -0.4 is 5.32 Å². The van der Waals surface area contributed by atoms with E-state index >= 15 is 0 Å². The van der Waals surface area contributed by atoms with Gasteiger partial charge in [0.1, 0.15) is 4.88 Å². The molecule has 0 fully saturated rings. The van der Waals surface area contributed by atoms with Gasteiger partial charge in [-0.1, -0.05) is 29.4 Å². The van der Waals surface area contributed by atoms with E-state index in [1.807, 2.05) is 6.92 Å².